The molecular weight excluding hydrogens is 240 g/mol. The first kappa shape index (κ1) is 15.1. The monoisotopic (exact) mass is 262 g/mol. The number of nitrogens with one attached hydrogen (secondary N) is 1. The average Bonchev–Trinajstić information content (AvgIpc) is 2.32. The van der Waals surface area contributed by atoms with Crippen molar-refractivity contribution in [3.05, 3.63) is 35.4 Å². The van der Waals surface area contributed by atoms with Gasteiger partial charge in [0, 0.05) is 11.8 Å². The van der Waals surface area contributed by atoms with E-state index in [0.717, 1.165) is 17.9 Å². The molecule has 1 rings (SSSR count). The predicted octanol–water partition coefficient (Wildman–Crippen LogP) is 3.51. The Hall–Kier alpha value is -0.980. The number of benzene rings is 1. The van der Waals surface area contributed by atoms with Crippen LogP contribution in [0.5, 0.6) is 0 Å². The molecule has 0 aliphatic carbocycles. The number of aryl methyl sites for hydroxylation is 1. The molecule has 0 aliphatic heterocycles. The van der Waals surface area contributed by atoms with Crippen LogP contribution in [0.3, 0.4) is 0 Å². The number of thioether (sulfide) groups is 1. The van der Waals surface area contributed by atoms with Gasteiger partial charge in [-0.1, -0.05) is 29.8 Å². The molecule has 0 aromatic heterocycles. The van der Waals surface area contributed by atoms with Crippen molar-refractivity contribution >= 4 is 11.8 Å². The van der Waals surface area contributed by atoms with Crippen LogP contribution in [0.2, 0.25) is 0 Å². The minimum absolute atomic E-state index is 0.0185. The molecule has 0 aliphatic rings. The highest BCUT2D eigenvalue weighted by Gasteiger charge is 2.07. The van der Waals surface area contributed by atoms with E-state index in [9.17, 15) is 0 Å². The summed E-state index contributed by atoms with van der Waals surface area (Å²) in [5, 5.41) is 12.3. The summed E-state index contributed by atoms with van der Waals surface area (Å²) in [5.41, 5.74) is 2.68. The lowest BCUT2D eigenvalue weighted by atomic mass is 10.2. The largest absolute Gasteiger partial charge is 0.300 e. The third-order valence-corrected chi connectivity index (χ3v) is 3.65. The number of nitrogens with zero attached hydrogens (tertiary/aromatic N) is 1. The molecule has 1 unspecified atom stereocenters. The third kappa shape index (κ3) is 6.09. The number of hydrogen-bond acceptors (Lipinski definition) is 3. The summed E-state index contributed by atoms with van der Waals surface area (Å²) in [6, 6.07) is 11.3. The maximum Gasteiger partial charge on any atom is 0.0962 e. The van der Waals surface area contributed by atoms with E-state index in [0.29, 0.717) is 6.04 Å². The standard InChI is InChI=1S/C15H22N2S/c1-12(2)17-15(10-16)7-8-18-11-14-6-4-5-13(3)9-14/h4-6,9,12,15,17H,7-8,11H2,1-3H3. The van der Waals surface area contributed by atoms with Gasteiger partial charge in [0.1, 0.15) is 0 Å². The van der Waals surface area contributed by atoms with Crippen LogP contribution in [0.25, 0.3) is 0 Å². The van der Waals surface area contributed by atoms with Crippen molar-refractivity contribution in [1.29, 1.82) is 5.26 Å². The summed E-state index contributed by atoms with van der Waals surface area (Å²) in [6.07, 6.45) is 0.908. The molecule has 0 saturated carbocycles. The van der Waals surface area contributed by atoms with E-state index in [1.54, 1.807) is 0 Å². The van der Waals surface area contributed by atoms with Crippen molar-refractivity contribution < 1.29 is 0 Å². The molecule has 1 aromatic rings. The van der Waals surface area contributed by atoms with Crippen molar-refractivity contribution in [2.75, 3.05) is 5.75 Å². The van der Waals surface area contributed by atoms with Gasteiger partial charge in [0.15, 0.2) is 0 Å². The first-order valence-corrected chi connectivity index (χ1v) is 7.56. The predicted molar refractivity (Wildman–Crippen MR) is 79.6 cm³/mol. The number of rotatable bonds is 7. The fraction of sp³-hybridized carbons (Fsp3) is 0.533. The lowest BCUT2D eigenvalue weighted by Gasteiger charge is -2.14. The lowest BCUT2D eigenvalue weighted by Crippen LogP contribution is -2.33. The molecule has 98 valence electrons. The smallest absolute Gasteiger partial charge is 0.0962 e. The Kier molecular flexibility index (Phi) is 6.85. The molecule has 0 heterocycles. The third-order valence-electron chi connectivity index (χ3n) is 2.59. The van der Waals surface area contributed by atoms with Crippen LogP contribution in [0.4, 0.5) is 0 Å². The van der Waals surface area contributed by atoms with E-state index in [2.05, 4.69) is 56.4 Å². The van der Waals surface area contributed by atoms with Crippen molar-refractivity contribution in [2.24, 2.45) is 0 Å². The second-order valence-electron chi connectivity index (χ2n) is 4.83. The van der Waals surface area contributed by atoms with Gasteiger partial charge < -0.3 is 0 Å². The van der Waals surface area contributed by atoms with Crippen LogP contribution >= 0.6 is 11.8 Å². The Labute approximate surface area is 115 Å². The van der Waals surface area contributed by atoms with E-state index in [1.165, 1.54) is 11.1 Å². The molecular formula is C15H22N2S. The minimum atomic E-state index is -0.0185. The van der Waals surface area contributed by atoms with Gasteiger partial charge in [0.05, 0.1) is 12.1 Å². The van der Waals surface area contributed by atoms with Gasteiger partial charge in [-0.15, -0.1) is 0 Å². The highest BCUT2D eigenvalue weighted by molar-refractivity contribution is 7.98. The van der Waals surface area contributed by atoms with Crippen LogP contribution < -0.4 is 5.32 Å². The molecule has 1 N–H and O–H groups in total. The maximum absolute atomic E-state index is 9.01. The van der Waals surface area contributed by atoms with Gasteiger partial charge in [-0.05, 0) is 38.5 Å². The molecule has 0 spiro atoms. The molecule has 18 heavy (non-hydrogen) atoms. The molecule has 0 fully saturated rings. The highest BCUT2D eigenvalue weighted by atomic mass is 32.2. The average molecular weight is 262 g/mol. The Balaban J connectivity index is 2.24. The van der Waals surface area contributed by atoms with Crippen molar-refractivity contribution in [2.45, 2.75) is 45.0 Å². The molecule has 0 amide bonds. The second-order valence-corrected chi connectivity index (χ2v) is 5.94. The fourth-order valence-electron chi connectivity index (χ4n) is 1.78. The van der Waals surface area contributed by atoms with Gasteiger partial charge >= 0.3 is 0 Å². The summed E-state index contributed by atoms with van der Waals surface area (Å²) in [5.74, 6) is 2.05. The van der Waals surface area contributed by atoms with Gasteiger partial charge in [0.2, 0.25) is 0 Å². The Bertz CT molecular complexity index is 396. The van der Waals surface area contributed by atoms with Crippen LogP contribution in [0, 0.1) is 18.3 Å². The van der Waals surface area contributed by atoms with Gasteiger partial charge in [0.25, 0.3) is 0 Å². The van der Waals surface area contributed by atoms with Gasteiger partial charge in [-0.3, -0.25) is 5.32 Å². The molecule has 0 bridgehead atoms. The van der Waals surface area contributed by atoms with Gasteiger partial charge in [-0.2, -0.15) is 17.0 Å². The zero-order valence-electron chi connectivity index (χ0n) is 11.4. The van der Waals surface area contributed by atoms with Crippen molar-refractivity contribution in [3.8, 4) is 6.07 Å². The Morgan fingerprint density at radius 1 is 1.39 bits per heavy atom. The molecule has 3 heteroatoms. The first-order valence-electron chi connectivity index (χ1n) is 6.40. The summed E-state index contributed by atoms with van der Waals surface area (Å²) >= 11 is 1.89. The van der Waals surface area contributed by atoms with E-state index in [4.69, 9.17) is 5.26 Å². The highest BCUT2D eigenvalue weighted by Crippen LogP contribution is 2.15. The van der Waals surface area contributed by atoms with Crippen LogP contribution in [-0.2, 0) is 5.75 Å². The van der Waals surface area contributed by atoms with E-state index >= 15 is 0 Å². The number of hydrogen-bond donors (Lipinski definition) is 1. The van der Waals surface area contributed by atoms with Crippen LogP contribution in [-0.4, -0.2) is 17.8 Å². The summed E-state index contributed by atoms with van der Waals surface area (Å²) in [7, 11) is 0. The minimum Gasteiger partial charge on any atom is -0.300 e. The maximum atomic E-state index is 9.01. The van der Waals surface area contributed by atoms with E-state index in [1.807, 2.05) is 11.8 Å². The van der Waals surface area contributed by atoms with E-state index in [-0.39, 0.29) is 6.04 Å². The fourth-order valence-corrected chi connectivity index (χ4v) is 2.74. The molecule has 1 atom stereocenters. The zero-order chi connectivity index (χ0) is 13.4. The molecule has 1 aromatic carbocycles. The Morgan fingerprint density at radius 3 is 2.78 bits per heavy atom. The number of nitriles is 1. The molecule has 0 radical (unpaired) electrons. The summed E-state index contributed by atoms with van der Waals surface area (Å²) < 4.78 is 0. The summed E-state index contributed by atoms with van der Waals surface area (Å²) in [4.78, 5) is 0. The SMILES string of the molecule is Cc1cccc(CSCCC(C#N)NC(C)C)c1. The quantitative estimate of drug-likeness (QED) is 0.764. The van der Waals surface area contributed by atoms with E-state index < -0.39 is 0 Å². The topological polar surface area (TPSA) is 35.8 Å². The van der Waals surface area contributed by atoms with Crippen molar-refractivity contribution in [1.82, 2.24) is 5.32 Å². The van der Waals surface area contributed by atoms with Gasteiger partial charge in [-0.25, -0.2) is 0 Å². The lowest BCUT2D eigenvalue weighted by molar-refractivity contribution is 0.522. The molecule has 0 saturated heterocycles. The van der Waals surface area contributed by atoms with Crippen molar-refractivity contribution in [3.63, 3.8) is 0 Å². The first-order chi connectivity index (χ1) is 8.61. The normalized spacial score (nSPS) is 12.4. The molecule has 2 nitrogen and oxygen atoms in total. The zero-order valence-corrected chi connectivity index (χ0v) is 12.3. The van der Waals surface area contributed by atoms with Crippen LogP contribution in [0.1, 0.15) is 31.4 Å². The Morgan fingerprint density at radius 2 is 2.17 bits per heavy atom. The summed E-state index contributed by atoms with van der Waals surface area (Å²) in [6.45, 7) is 6.26. The van der Waals surface area contributed by atoms with Crippen LogP contribution in [0.15, 0.2) is 24.3 Å². The second kappa shape index (κ2) is 8.18.